The fraction of sp³-hybridized carbons (Fsp3) is 0.444. The van der Waals surface area contributed by atoms with Gasteiger partial charge in [-0.3, -0.25) is 4.79 Å². The monoisotopic (exact) mass is 543 g/mol. The van der Waals surface area contributed by atoms with Crippen LogP contribution in [0.1, 0.15) is 37.5 Å². The van der Waals surface area contributed by atoms with Gasteiger partial charge in [0.05, 0.1) is 17.5 Å². The normalized spacial score (nSPS) is 22.5. The smallest absolute Gasteiger partial charge is 0.408 e. The van der Waals surface area contributed by atoms with Crippen molar-refractivity contribution in [3.63, 3.8) is 0 Å². The Morgan fingerprint density at radius 3 is 2.46 bits per heavy atom. The summed E-state index contributed by atoms with van der Waals surface area (Å²) in [6.07, 6.45) is -0.458. The number of alkyl carbamates (subject to hydrolysis) is 1. The number of fused-ring (bicyclic) bond motifs is 1. The summed E-state index contributed by atoms with van der Waals surface area (Å²) >= 11 is 1.31. The van der Waals surface area contributed by atoms with Gasteiger partial charge in [-0.1, -0.05) is 48.2 Å². The Kier molecular flexibility index (Phi) is 7.71. The van der Waals surface area contributed by atoms with Crippen molar-refractivity contribution in [1.29, 1.82) is 0 Å². The average molecular weight is 544 g/mol. The van der Waals surface area contributed by atoms with E-state index in [0.29, 0.717) is 5.17 Å². The van der Waals surface area contributed by atoms with E-state index >= 15 is 0 Å². The maximum atomic E-state index is 13.5. The van der Waals surface area contributed by atoms with E-state index in [9.17, 15) is 18.0 Å². The number of benzene rings is 2. The van der Waals surface area contributed by atoms with Crippen molar-refractivity contribution in [3.8, 4) is 0 Å². The lowest BCUT2D eigenvalue weighted by Gasteiger charge is -2.26. The van der Waals surface area contributed by atoms with Gasteiger partial charge in [-0.05, 0) is 63.4 Å². The van der Waals surface area contributed by atoms with E-state index in [1.54, 1.807) is 20.8 Å². The maximum Gasteiger partial charge on any atom is 0.408 e. The highest BCUT2D eigenvalue weighted by atomic mass is 32.2. The van der Waals surface area contributed by atoms with E-state index in [1.165, 1.54) is 11.8 Å². The van der Waals surface area contributed by atoms with Crippen LogP contribution in [-0.2, 0) is 25.8 Å². The van der Waals surface area contributed by atoms with Crippen molar-refractivity contribution in [1.82, 2.24) is 5.32 Å². The van der Waals surface area contributed by atoms with Crippen LogP contribution in [0.25, 0.3) is 0 Å². The standard InChI is InChI=1S/C27H33N3O5S2/c1-17-11-12-20(13-18(17)2)30-22-15-37(33,34)16-23(22)36-25(30)29-24(31)21(14-19-9-7-6-8-10-19)28-26(32)35-27(3,4)5/h6-13,21-23H,14-16H2,1-5H3,(H,28,32)/t21-,22-,23+/m1/s1. The van der Waals surface area contributed by atoms with Gasteiger partial charge in [0.15, 0.2) is 15.0 Å². The van der Waals surface area contributed by atoms with E-state index in [4.69, 9.17) is 4.74 Å². The fourth-order valence-electron chi connectivity index (χ4n) is 4.41. The Morgan fingerprint density at radius 1 is 1.11 bits per heavy atom. The number of amidine groups is 1. The predicted octanol–water partition coefficient (Wildman–Crippen LogP) is 4.04. The Morgan fingerprint density at radius 2 is 1.81 bits per heavy atom. The zero-order valence-corrected chi connectivity index (χ0v) is 23.4. The molecule has 198 valence electrons. The summed E-state index contributed by atoms with van der Waals surface area (Å²) in [5, 5.41) is 2.92. The number of amides is 2. The van der Waals surface area contributed by atoms with Gasteiger partial charge in [0.25, 0.3) is 5.91 Å². The highest BCUT2D eigenvalue weighted by molar-refractivity contribution is 8.16. The molecule has 2 heterocycles. The average Bonchev–Trinajstić information content (AvgIpc) is 3.25. The summed E-state index contributed by atoms with van der Waals surface area (Å²) in [7, 11) is -3.18. The number of hydrogen-bond acceptors (Lipinski definition) is 6. The van der Waals surface area contributed by atoms with Gasteiger partial charge in [-0.2, -0.15) is 4.99 Å². The quantitative estimate of drug-likeness (QED) is 0.607. The number of aliphatic imine (C=N–C) groups is 1. The third-order valence-electron chi connectivity index (χ3n) is 6.31. The van der Waals surface area contributed by atoms with E-state index in [-0.39, 0.29) is 29.2 Å². The van der Waals surface area contributed by atoms with Crippen LogP contribution in [0, 0.1) is 13.8 Å². The van der Waals surface area contributed by atoms with Crippen LogP contribution in [0.5, 0.6) is 0 Å². The predicted molar refractivity (Wildman–Crippen MR) is 148 cm³/mol. The highest BCUT2D eigenvalue weighted by Gasteiger charge is 2.49. The number of thioether (sulfide) groups is 1. The highest BCUT2D eigenvalue weighted by Crippen LogP contribution is 2.41. The zero-order valence-electron chi connectivity index (χ0n) is 21.7. The molecule has 37 heavy (non-hydrogen) atoms. The number of sulfone groups is 1. The molecule has 3 atom stereocenters. The zero-order chi connectivity index (χ0) is 27.0. The van der Waals surface area contributed by atoms with Gasteiger partial charge in [-0.25, -0.2) is 13.2 Å². The summed E-state index contributed by atoms with van der Waals surface area (Å²) in [6.45, 7) is 9.27. The van der Waals surface area contributed by atoms with E-state index in [0.717, 1.165) is 22.4 Å². The van der Waals surface area contributed by atoms with Crippen molar-refractivity contribution in [3.05, 3.63) is 65.2 Å². The maximum absolute atomic E-state index is 13.5. The lowest BCUT2D eigenvalue weighted by atomic mass is 10.1. The third-order valence-corrected chi connectivity index (χ3v) is 9.52. The number of ether oxygens (including phenoxy) is 1. The lowest BCUT2D eigenvalue weighted by Crippen LogP contribution is -2.45. The number of anilines is 1. The van der Waals surface area contributed by atoms with Crippen LogP contribution in [0.4, 0.5) is 10.5 Å². The van der Waals surface area contributed by atoms with Gasteiger partial charge >= 0.3 is 6.09 Å². The molecular formula is C27H33N3O5S2. The minimum atomic E-state index is -3.18. The Hall–Kier alpha value is -2.85. The number of rotatable bonds is 5. The first-order chi connectivity index (χ1) is 17.3. The molecule has 2 aliphatic heterocycles. The summed E-state index contributed by atoms with van der Waals surface area (Å²) in [4.78, 5) is 32.4. The molecule has 2 aromatic rings. The van der Waals surface area contributed by atoms with Crippen LogP contribution in [0.3, 0.4) is 0 Å². The second kappa shape index (κ2) is 10.5. The first-order valence-corrected chi connectivity index (χ1v) is 14.9. The minimum absolute atomic E-state index is 0.00834. The van der Waals surface area contributed by atoms with E-state index < -0.39 is 33.5 Å². The van der Waals surface area contributed by atoms with E-state index in [2.05, 4.69) is 10.3 Å². The number of nitrogens with one attached hydrogen (secondary N) is 1. The van der Waals surface area contributed by atoms with Crippen LogP contribution < -0.4 is 10.2 Å². The second-order valence-electron chi connectivity index (χ2n) is 10.6. The topological polar surface area (TPSA) is 105 Å². The van der Waals surface area contributed by atoms with Gasteiger partial charge in [0.2, 0.25) is 0 Å². The van der Waals surface area contributed by atoms with Crippen molar-refractivity contribution < 1.29 is 22.7 Å². The summed E-state index contributed by atoms with van der Waals surface area (Å²) in [5.41, 5.74) is 3.12. The molecule has 0 aromatic heterocycles. The number of hydrogen-bond donors (Lipinski definition) is 1. The first kappa shape index (κ1) is 27.2. The number of carbonyl (C=O) groups is 2. The molecule has 10 heteroatoms. The molecule has 0 saturated carbocycles. The van der Waals surface area contributed by atoms with Crippen molar-refractivity contribution in [2.24, 2.45) is 4.99 Å². The Labute approximate surface area is 222 Å². The van der Waals surface area contributed by atoms with Crippen LogP contribution >= 0.6 is 11.8 Å². The van der Waals surface area contributed by atoms with Crippen LogP contribution in [-0.4, -0.2) is 60.0 Å². The molecule has 2 saturated heterocycles. The first-order valence-electron chi connectivity index (χ1n) is 12.2. The molecule has 2 fully saturated rings. The third kappa shape index (κ3) is 6.73. The largest absolute Gasteiger partial charge is 0.444 e. The molecule has 0 aliphatic carbocycles. The molecule has 2 aliphatic rings. The van der Waals surface area contributed by atoms with Crippen molar-refractivity contribution in [2.45, 2.75) is 64.0 Å². The number of carbonyl (C=O) groups excluding carboxylic acids is 2. The molecule has 0 spiro atoms. The minimum Gasteiger partial charge on any atom is -0.444 e. The summed E-state index contributed by atoms with van der Waals surface area (Å²) in [6, 6.07) is 14.0. The van der Waals surface area contributed by atoms with Gasteiger partial charge in [0.1, 0.15) is 11.6 Å². The van der Waals surface area contributed by atoms with Crippen molar-refractivity contribution >= 4 is 44.5 Å². The van der Waals surface area contributed by atoms with Crippen molar-refractivity contribution in [2.75, 3.05) is 16.4 Å². The Bertz CT molecular complexity index is 1320. The second-order valence-corrected chi connectivity index (χ2v) is 13.9. The summed E-state index contributed by atoms with van der Waals surface area (Å²) in [5.74, 6) is -0.469. The molecular weight excluding hydrogens is 510 g/mol. The SMILES string of the molecule is Cc1ccc(N2C(=NC(=O)[C@@H](Cc3ccccc3)NC(=O)OC(C)(C)C)S[C@H]3CS(=O)(=O)C[C@H]32)cc1C. The van der Waals surface area contributed by atoms with E-state index in [1.807, 2.05) is 67.3 Å². The van der Waals surface area contributed by atoms with Gasteiger partial charge < -0.3 is 15.0 Å². The molecule has 0 bridgehead atoms. The molecule has 2 aromatic carbocycles. The molecule has 1 N–H and O–H groups in total. The summed E-state index contributed by atoms with van der Waals surface area (Å²) < 4.78 is 30.2. The van der Waals surface area contributed by atoms with Crippen LogP contribution in [0.2, 0.25) is 0 Å². The molecule has 0 radical (unpaired) electrons. The van der Waals surface area contributed by atoms with Gasteiger partial charge in [-0.15, -0.1) is 0 Å². The van der Waals surface area contributed by atoms with Gasteiger partial charge in [0, 0.05) is 17.4 Å². The lowest BCUT2D eigenvalue weighted by molar-refractivity contribution is -0.119. The number of aryl methyl sites for hydroxylation is 2. The molecule has 0 unspecified atom stereocenters. The fourth-order valence-corrected chi connectivity index (χ4v) is 8.33. The Balaban J connectivity index is 1.66. The number of nitrogens with zero attached hydrogens (tertiary/aromatic N) is 2. The molecule has 2 amide bonds. The molecule has 4 rings (SSSR count). The molecule has 8 nitrogen and oxygen atoms in total. The van der Waals surface area contributed by atoms with Crippen LogP contribution in [0.15, 0.2) is 53.5 Å².